The van der Waals surface area contributed by atoms with E-state index in [-0.39, 0.29) is 6.04 Å². The van der Waals surface area contributed by atoms with Crippen LogP contribution in [0.2, 0.25) is 0 Å². The molecule has 0 unspecified atom stereocenters. The first-order valence-corrected chi connectivity index (χ1v) is 7.57. The Bertz CT molecular complexity index is 553. The highest BCUT2D eigenvalue weighted by Crippen LogP contribution is 2.27. The second-order valence-electron chi connectivity index (χ2n) is 4.39. The number of rotatable bonds is 4. The van der Waals surface area contributed by atoms with Gasteiger partial charge in [0.2, 0.25) is 0 Å². The number of halogens is 2. The number of hydrogen-bond acceptors (Lipinski definition) is 2. The van der Waals surface area contributed by atoms with Gasteiger partial charge in [-0.1, -0.05) is 50.1 Å². The molecular weight excluding hydrogens is 370 g/mol. The van der Waals surface area contributed by atoms with Crippen LogP contribution in [0.1, 0.15) is 24.1 Å². The van der Waals surface area contributed by atoms with Crippen LogP contribution in [0.3, 0.4) is 0 Å². The van der Waals surface area contributed by atoms with Gasteiger partial charge in [-0.2, -0.15) is 0 Å². The molecule has 0 aromatic heterocycles. The summed E-state index contributed by atoms with van der Waals surface area (Å²) in [6, 6.07) is 14.0. The summed E-state index contributed by atoms with van der Waals surface area (Å²) < 4.78 is 7.81. The van der Waals surface area contributed by atoms with Crippen LogP contribution in [0, 0.1) is 0 Å². The smallest absolute Gasteiger partial charge is 0.120 e. The molecule has 0 spiro atoms. The van der Waals surface area contributed by atoms with Gasteiger partial charge >= 0.3 is 0 Å². The fourth-order valence-electron chi connectivity index (χ4n) is 1.71. The lowest BCUT2D eigenvalue weighted by Gasteiger charge is -2.11. The van der Waals surface area contributed by atoms with Gasteiger partial charge in [0.15, 0.2) is 0 Å². The fraction of sp³-hybridized carbons (Fsp3) is 0.200. The van der Waals surface area contributed by atoms with Crippen LogP contribution in [-0.4, -0.2) is 0 Å². The van der Waals surface area contributed by atoms with Crippen molar-refractivity contribution in [1.29, 1.82) is 0 Å². The first-order chi connectivity index (χ1) is 9.06. The van der Waals surface area contributed by atoms with Gasteiger partial charge in [0, 0.05) is 15.0 Å². The number of ether oxygens (including phenoxy) is 1. The average molecular weight is 385 g/mol. The third-order valence-electron chi connectivity index (χ3n) is 2.78. The number of benzene rings is 2. The lowest BCUT2D eigenvalue weighted by molar-refractivity contribution is 0.306. The van der Waals surface area contributed by atoms with Crippen LogP contribution in [0.25, 0.3) is 0 Å². The molecule has 100 valence electrons. The standard InChI is InChI=1S/C15H15Br2NO/c1-10(18)14-7-6-13(8-15(14)17)19-9-11-2-4-12(16)5-3-11/h2-8,10H,9,18H2,1H3/t10-/m1/s1. The van der Waals surface area contributed by atoms with Crippen molar-refractivity contribution in [1.82, 2.24) is 0 Å². The molecule has 0 radical (unpaired) electrons. The minimum absolute atomic E-state index is 0.00917. The van der Waals surface area contributed by atoms with E-state index in [0.717, 1.165) is 25.8 Å². The second kappa shape index (κ2) is 6.55. The molecule has 0 heterocycles. The normalized spacial score (nSPS) is 12.2. The topological polar surface area (TPSA) is 35.2 Å². The van der Waals surface area contributed by atoms with E-state index in [4.69, 9.17) is 10.5 Å². The zero-order chi connectivity index (χ0) is 13.8. The van der Waals surface area contributed by atoms with Crippen molar-refractivity contribution in [2.75, 3.05) is 0 Å². The SMILES string of the molecule is C[C@@H](N)c1ccc(OCc2ccc(Br)cc2)cc1Br. The maximum Gasteiger partial charge on any atom is 0.120 e. The fourth-order valence-corrected chi connectivity index (χ4v) is 2.70. The van der Waals surface area contributed by atoms with Crippen molar-refractivity contribution in [3.8, 4) is 5.75 Å². The van der Waals surface area contributed by atoms with Gasteiger partial charge in [0.25, 0.3) is 0 Å². The molecule has 0 amide bonds. The lowest BCUT2D eigenvalue weighted by atomic mass is 10.1. The Labute approximate surface area is 130 Å². The quantitative estimate of drug-likeness (QED) is 0.820. The Morgan fingerprint density at radius 1 is 1.11 bits per heavy atom. The van der Waals surface area contributed by atoms with Gasteiger partial charge < -0.3 is 10.5 Å². The highest BCUT2D eigenvalue weighted by Gasteiger charge is 2.06. The minimum atomic E-state index is 0.00917. The van der Waals surface area contributed by atoms with Crippen molar-refractivity contribution in [2.45, 2.75) is 19.6 Å². The van der Waals surface area contributed by atoms with Gasteiger partial charge in [0.1, 0.15) is 12.4 Å². The van der Waals surface area contributed by atoms with Crippen LogP contribution < -0.4 is 10.5 Å². The summed E-state index contributed by atoms with van der Waals surface area (Å²) in [6.07, 6.45) is 0. The molecule has 19 heavy (non-hydrogen) atoms. The summed E-state index contributed by atoms with van der Waals surface area (Å²) in [7, 11) is 0. The molecule has 0 aliphatic heterocycles. The van der Waals surface area contributed by atoms with Crippen molar-refractivity contribution in [2.24, 2.45) is 5.73 Å². The second-order valence-corrected chi connectivity index (χ2v) is 6.16. The zero-order valence-corrected chi connectivity index (χ0v) is 13.7. The van der Waals surface area contributed by atoms with E-state index in [1.807, 2.05) is 49.4 Å². The largest absolute Gasteiger partial charge is 0.489 e. The Kier molecular flexibility index (Phi) is 5.02. The molecule has 2 aromatic carbocycles. The van der Waals surface area contributed by atoms with Crippen LogP contribution in [0.15, 0.2) is 51.4 Å². The predicted molar refractivity (Wildman–Crippen MR) is 85.2 cm³/mol. The van der Waals surface area contributed by atoms with E-state index < -0.39 is 0 Å². The summed E-state index contributed by atoms with van der Waals surface area (Å²) in [5.41, 5.74) is 8.08. The number of nitrogens with two attached hydrogens (primary N) is 1. The highest BCUT2D eigenvalue weighted by atomic mass is 79.9. The van der Waals surface area contributed by atoms with Crippen molar-refractivity contribution in [3.05, 3.63) is 62.5 Å². The zero-order valence-electron chi connectivity index (χ0n) is 10.6. The molecular formula is C15H15Br2NO. The predicted octanol–water partition coefficient (Wildman–Crippen LogP) is 4.81. The Hall–Kier alpha value is -0.840. The summed E-state index contributed by atoms with van der Waals surface area (Å²) in [5, 5.41) is 0. The Morgan fingerprint density at radius 3 is 2.37 bits per heavy atom. The van der Waals surface area contributed by atoms with Crippen molar-refractivity contribution in [3.63, 3.8) is 0 Å². The summed E-state index contributed by atoms with van der Waals surface area (Å²) in [5.74, 6) is 0.833. The lowest BCUT2D eigenvalue weighted by Crippen LogP contribution is -2.05. The molecule has 0 fully saturated rings. The van der Waals surface area contributed by atoms with E-state index in [9.17, 15) is 0 Å². The molecule has 2 rings (SSSR count). The van der Waals surface area contributed by atoms with Crippen LogP contribution in [-0.2, 0) is 6.61 Å². The Morgan fingerprint density at radius 2 is 1.79 bits per heavy atom. The van der Waals surface area contributed by atoms with E-state index in [1.54, 1.807) is 0 Å². The van der Waals surface area contributed by atoms with Gasteiger partial charge in [-0.05, 0) is 42.3 Å². The van der Waals surface area contributed by atoms with Gasteiger partial charge in [-0.25, -0.2) is 0 Å². The molecule has 2 nitrogen and oxygen atoms in total. The third-order valence-corrected chi connectivity index (χ3v) is 4.00. The first-order valence-electron chi connectivity index (χ1n) is 5.98. The molecule has 0 bridgehead atoms. The van der Waals surface area contributed by atoms with Crippen LogP contribution in [0.4, 0.5) is 0 Å². The highest BCUT2D eigenvalue weighted by molar-refractivity contribution is 9.10. The summed E-state index contributed by atoms with van der Waals surface area (Å²) >= 11 is 6.93. The molecule has 2 aromatic rings. The number of hydrogen-bond donors (Lipinski definition) is 1. The third kappa shape index (κ3) is 4.06. The van der Waals surface area contributed by atoms with Crippen LogP contribution >= 0.6 is 31.9 Å². The van der Waals surface area contributed by atoms with E-state index in [0.29, 0.717) is 6.61 Å². The molecule has 0 saturated carbocycles. The van der Waals surface area contributed by atoms with E-state index in [1.165, 1.54) is 0 Å². The van der Waals surface area contributed by atoms with Crippen molar-refractivity contribution >= 4 is 31.9 Å². The molecule has 1 atom stereocenters. The maximum absolute atomic E-state index is 5.87. The molecule has 0 aliphatic carbocycles. The van der Waals surface area contributed by atoms with Gasteiger partial charge in [0.05, 0.1) is 0 Å². The molecule has 0 saturated heterocycles. The summed E-state index contributed by atoms with van der Waals surface area (Å²) in [6.45, 7) is 2.51. The minimum Gasteiger partial charge on any atom is -0.489 e. The maximum atomic E-state index is 5.87. The molecule has 2 N–H and O–H groups in total. The van der Waals surface area contributed by atoms with Crippen molar-refractivity contribution < 1.29 is 4.74 Å². The first kappa shape index (κ1) is 14.6. The van der Waals surface area contributed by atoms with E-state index >= 15 is 0 Å². The monoisotopic (exact) mass is 383 g/mol. The Balaban J connectivity index is 2.04. The molecule has 0 aliphatic rings. The average Bonchev–Trinajstić information content (AvgIpc) is 2.37. The van der Waals surface area contributed by atoms with Crippen LogP contribution in [0.5, 0.6) is 5.75 Å². The van der Waals surface area contributed by atoms with Gasteiger partial charge in [-0.3, -0.25) is 0 Å². The van der Waals surface area contributed by atoms with Gasteiger partial charge in [-0.15, -0.1) is 0 Å². The molecule has 4 heteroatoms. The van der Waals surface area contributed by atoms with E-state index in [2.05, 4.69) is 31.9 Å². The summed E-state index contributed by atoms with van der Waals surface area (Å²) in [4.78, 5) is 0.